The van der Waals surface area contributed by atoms with E-state index in [-0.39, 0.29) is 22.9 Å². The van der Waals surface area contributed by atoms with Gasteiger partial charge in [0.2, 0.25) is 0 Å². The van der Waals surface area contributed by atoms with E-state index in [1.165, 1.54) is 26.4 Å². The zero-order chi connectivity index (χ0) is 11.4. The van der Waals surface area contributed by atoms with E-state index in [0.29, 0.717) is 0 Å². The molecule has 15 heavy (non-hydrogen) atoms. The van der Waals surface area contributed by atoms with Crippen LogP contribution in [-0.4, -0.2) is 25.9 Å². The van der Waals surface area contributed by atoms with Crippen LogP contribution in [0.25, 0.3) is 0 Å². The van der Waals surface area contributed by atoms with Crippen LogP contribution in [0.4, 0.5) is 4.39 Å². The lowest BCUT2D eigenvalue weighted by Crippen LogP contribution is -2.07. The molecule has 0 aliphatic heterocycles. The second-order valence-electron chi connectivity index (χ2n) is 2.71. The standard InChI is InChI=1S/C10H10ClFO3/c1-14-8-4-3-6(12)10(15-2)9(8)7(13)5-11/h3-4H,5H2,1-2H3. The summed E-state index contributed by atoms with van der Waals surface area (Å²) in [5.74, 6) is -1.20. The molecular weight excluding hydrogens is 223 g/mol. The summed E-state index contributed by atoms with van der Waals surface area (Å²) >= 11 is 5.41. The molecule has 0 aliphatic carbocycles. The molecule has 1 aromatic rings. The highest BCUT2D eigenvalue weighted by Crippen LogP contribution is 2.31. The number of carbonyl (C=O) groups excluding carboxylic acids is 1. The van der Waals surface area contributed by atoms with Gasteiger partial charge in [-0.25, -0.2) is 4.39 Å². The van der Waals surface area contributed by atoms with Crippen LogP contribution in [0, 0.1) is 5.82 Å². The molecule has 0 amide bonds. The first-order valence-corrected chi connectivity index (χ1v) is 4.68. The Morgan fingerprint density at radius 1 is 1.40 bits per heavy atom. The first-order valence-electron chi connectivity index (χ1n) is 4.15. The summed E-state index contributed by atoms with van der Waals surface area (Å²) in [6.45, 7) is 0. The van der Waals surface area contributed by atoms with Gasteiger partial charge >= 0.3 is 0 Å². The van der Waals surface area contributed by atoms with Gasteiger partial charge in [0, 0.05) is 0 Å². The van der Waals surface area contributed by atoms with E-state index in [9.17, 15) is 9.18 Å². The number of rotatable bonds is 4. The molecule has 82 valence electrons. The lowest BCUT2D eigenvalue weighted by atomic mass is 10.1. The molecule has 0 aliphatic rings. The lowest BCUT2D eigenvalue weighted by Gasteiger charge is -2.11. The van der Waals surface area contributed by atoms with Crippen LogP contribution in [0.5, 0.6) is 11.5 Å². The van der Waals surface area contributed by atoms with Crippen LogP contribution in [-0.2, 0) is 0 Å². The van der Waals surface area contributed by atoms with E-state index in [4.69, 9.17) is 21.1 Å². The molecule has 0 unspecified atom stereocenters. The normalized spacial score (nSPS) is 9.87. The van der Waals surface area contributed by atoms with E-state index in [0.717, 1.165) is 0 Å². The minimum atomic E-state index is -0.619. The van der Waals surface area contributed by atoms with Gasteiger partial charge in [0.25, 0.3) is 0 Å². The predicted molar refractivity (Wildman–Crippen MR) is 54.6 cm³/mol. The maximum atomic E-state index is 13.3. The van der Waals surface area contributed by atoms with E-state index in [1.807, 2.05) is 0 Å². The van der Waals surface area contributed by atoms with Crippen LogP contribution < -0.4 is 9.47 Å². The van der Waals surface area contributed by atoms with Crippen molar-refractivity contribution in [1.29, 1.82) is 0 Å². The molecule has 0 N–H and O–H groups in total. The van der Waals surface area contributed by atoms with Crippen LogP contribution >= 0.6 is 11.6 Å². The summed E-state index contributed by atoms with van der Waals surface area (Å²) in [6.07, 6.45) is 0. The summed E-state index contributed by atoms with van der Waals surface area (Å²) < 4.78 is 23.0. The molecule has 0 aromatic heterocycles. The van der Waals surface area contributed by atoms with E-state index < -0.39 is 11.6 Å². The number of benzene rings is 1. The number of Topliss-reactive ketones (excluding diaryl/α,β-unsaturated/α-hetero) is 1. The minimum absolute atomic E-state index is 0.0370. The van der Waals surface area contributed by atoms with Gasteiger partial charge < -0.3 is 9.47 Å². The largest absolute Gasteiger partial charge is 0.496 e. The van der Waals surface area contributed by atoms with Gasteiger partial charge in [-0.05, 0) is 12.1 Å². The summed E-state index contributed by atoms with van der Waals surface area (Å²) in [5, 5.41) is 0. The van der Waals surface area contributed by atoms with Crippen molar-refractivity contribution in [2.75, 3.05) is 20.1 Å². The molecule has 0 saturated heterocycles. The van der Waals surface area contributed by atoms with Crippen molar-refractivity contribution in [1.82, 2.24) is 0 Å². The quantitative estimate of drug-likeness (QED) is 0.590. The molecule has 0 bridgehead atoms. The second kappa shape index (κ2) is 4.98. The number of halogens is 2. The Kier molecular flexibility index (Phi) is 3.91. The molecule has 0 atom stereocenters. The lowest BCUT2D eigenvalue weighted by molar-refractivity contribution is 0.101. The molecule has 0 fully saturated rings. The highest BCUT2D eigenvalue weighted by molar-refractivity contribution is 6.31. The number of ketones is 1. The Morgan fingerprint density at radius 2 is 2.07 bits per heavy atom. The van der Waals surface area contributed by atoms with Gasteiger partial charge in [-0.2, -0.15) is 0 Å². The predicted octanol–water partition coefficient (Wildman–Crippen LogP) is 2.26. The SMILES string of the molecule is COc1ccc(F)c(OC)c1C(=O)CCl. The average molecular weight is 233 g/mol. The summed E-state index contributed by atoms with van der Waals surface area (Å²) in [4.78, 5) is 11.5. The topological polar surface area (TPSA) is 35.5 Å². The van der Waals surface area contributed by atoms with Crippen LogP contribution in [0.1, 0.15) is 10.4 Å². The first-order chi connectivity index (χ1) is 7.15. The molecule has 0 heterocycles. The highest BCUT2D eigenvalue weighted by atomic mass is 35.5. The van der Waals surface area contributed by atoms with E-state index >= 15 is 0 Å². The Hall–Kier alpha value is -1.29. The minimum Gasteiger partial charge on any atom is -0.496 e. The van der Waals surface area contributed by atoms with Crippen molar-refractivity contribution in [3.05, 3.63) is 23.5 Å². The Labute approximate surface area is 91.7 Å². The Bertz CT molecular complexity index is 379. The van der Waals surface area contributed by atoms with E-state index in [2.05, 4.69) is 0 Å². The fraction of sp³-hybridized carbons (Fsp3) is 0.300. The molecule has 0 spiro atoms. The maximum Gasteiger partial charge on any atom is 0.185 e. The molecule has 0 saturated carbocycles. The zero-order valence-electron chi connectivity index (χ0n) is 8.34. The van der Waals surface area contributed by atoms with Crippen LogP contribution in [0.2, 0.25) is 0 Å². The molecule has 0 radical (unpaired) electrons. The Morgan fingerprint density at radius 3 is 2.53 bits per heavy atom. The fourth-order valence-corrected chi connectivity index (χ4v) is 1.37. The molecule has 5 heteroatoms. The third-order valence-electron chi connectivity index (χ3n) is 1.90. The third-order valence-corrected chi connectivity index (χ3v) is 2.14. The molecule has 3 nitrogen and oxygen atoms in total. The van der Waals surface area contributed by atoms with Gasteiger partial charge in [0.05, 0.1) is 20.1 Å². The molecule has 1 aromatic carbocycles. The second-order valence-corrected chi connectivity index (χ2v) is 2.98. The number of carbonyl (C=O) groups is 1. The first kappa shape index (κ1) is 11.8. The number of alkyl halides is 1. The van der Waals surface area contributed by atoms with Gasteiger partial charge in [-0.3, -0.25) is 4.79 Å². The summed E-state index contributed by atoms with van der Waals surface area (Å²) in [5.41, 5.74) is 0.0370. The summed E-state index contributed by atoms with van der Waals surface area (Å²) in [7, 11) is 2.67. The zero-order valence-corrected chi connectivity index (χ0v) is 9.10. The van der Waals surface area contributed by atoms with Crippen molar-refractivity contribution in [3.63, 3.8) is 0 Å². The van der Waals surface area contributed by atoms with Crippen molar-refractivity contribution in [2.24, 2.45) is 0 Å². The Balaban J connectivity index is 3.40. The smallest absolute Gasteiger partial charge is 0.185 e. The number of hydrogen-bond donors (Lipinski definition) is 0. The van der Waals surface area contributed by atoms with Gasteiger partial charge in [0.15, 0.2) is 17.3 Å². The highest BCUT2D eigenvalue weighted by Gasteiger charge is 2.20. The average Bonchev–Trinajstić information content (AvgIpc) is 2.27. The van der Waals surface area contributed by atoms with Gasteiger partial charge in [0.1, 0.15) is 11.3 Å². The van der Waals surface area contributed by atoms with Crippen molar-refractivity contribution >= 4 is 17.4 Å². The third kappa shape index (κ3) is 2.21. The van der Waals surface area contributed by atoms with Crippen LogP contribution in [0.15, 0.2) is 12.1 Å². The number of ether oxygens (including phenoxy) is 2. The maximum absolute atomic E-state index is 13.3. The molecular formula is C10H10ClFO3. The monoisotopic (exact) mass is 232 g/mol. The van der Waals surface area contributed by atoms with Gasteiger partial charge in [-0.15, -0.1) is 11.6 Å². The van der Waals surface area contributed by atoms with Crippen LogP contribution in [0.3, 0.4) is 0 Å². The molecule has 1 rings (SSSR count). The van der Waals surface area contributed by atoms with Crippen molar-refractivity contribution in [2.45, 2.75) is 0 Å². The van der Waals surface area contributed by atoms with Gasteiger partial charge in [-0.1, -0.05) is 0 Å². The number of methoxy groups -OCH3 is 2. The fourth-order valence-electron chi connectivity index (χ4n) is 1.24. The van der Waals surface area contributed by atoms with E-state index in [1.54, 1.807) is 0 Å². The van der Waals surface area contributed by atoms with Crippen molar-refractivity contribution < 1.29 is 18.7 Å². The number of hydrogen-bond acceptors (Lipinski definition) is 3. The summed E-state index contributed by atoms with van der Waals surface area (Å²) in [6, 6.07) is 2.53. The van der Waals surface area contributed by atoms with Crippen molar-refractivity contribution in [3.8, 4) is 11.5 Å².